The van der Waals surface area contributed by atoms with E-state index >= 15 is 0 Å². The zero-order valence-corrected chi connectivity index (χ0v) is 13.2. The lowest BCUT2D eigenvalue weighted by Crippen LogP contribution is -2.53. The van der Waals surface area contributed by atoms with Crippen LogP contribution in [-0.2, 0) is 5.41 Å². The van der Waals surface area contributed by atoms with Crippen LogP contribution in [-0.4, -0.2) is 6.04 Å². The third-order valence-electron chi connectivity index (χ3n) is 5.35. The summed E-state index contributed by atoms with van der Waals surface area (Å²) >= 11 is 0. The Morgan fingerprint density at radius 2 is 1.95 bits per heavy atom. The summed E-state index contributed by atoms with van der Waals surface area (Å²) in [4.78, 5) is 0. The average Bonchev–Trinajstić information content (AvgIpc) is 2.49. The van der Waals surface area contributed by atoms with Gasteiger partial charge in [0.1, 0.15) is 0 Å². The summed E-state index contributed by atoms with van der Waals surface area (Å²) < 4.78 is 0. The molecule has 0 saturated heterocycles. The van der Waals surface area contributed by atoms with E-state index < -0.39 is 0 Å². The van der Waals surface area contributed by atoms with Gasteiger partial charge in [-0.1, -0.05) is 70.4 Å². The maximum atomic E-state index is 5.96. The van der Waals surface area contributed by atoms with Crippen LogP contribution in [0.5, 0.6) is 0 Å². The molecule has 3 atom stereocenters. The van der Waals surface area contributed by atoms with E-state index in [1.165, 1.54) is 37.7 Å². The topological polar surface area (TPSA) is 38.0 Å². The fourth-order valence-electron chi connectivity index (χ4n) is 3.99. The maximum absolute atomic E-state index is 5.96. The first-order valence-corrected chi connectivity index (χ1v) is 8.11. The summed E-state index contributed by atoms with van der Waals surface area (Å²) in [6.45, 7) is 6.96. The number of nitrogens with two attached hydrogens (primary N) is 1. The molecule has 20 heavy (non-hydrogen) atoms. The maximum Gasteiger partial charge on any atom is 0.0330 e. The van der Waals surface area contributed by atoms with Gasteiger partial charge < -0.3 is 0 Å². The molecule has 1 fully saturated rings. The van der Waals surface area contributed by atoms with Crippen LogP contribution in [0.15, 0.2) is 30.3 Å². The highest BCUT2D eigenvalue weighted by Crippen LogP contribution is 2.39. The Morgan fingerprint density at radius 1 is 1.25 bits per heavy atom. The van der Waals surface area contributed by atoms with Crippen molar-refractivity contribution in [1.82, 2.24) is 5.43 Å². The smallest absolute Gasteiger partial charge is 0.0330 e. The number of hydrazine groups is 1. The molecule has 0 radical (unpaired) electrons. The lowest BCUT2D eigenvalue weighted by Gasteiger charge is -2.43. The molecule has 1 aliphatic rings. The summed E-state index contributed by atoms with van der Waals surface area (Å²) in [5.41, 5.74) is 4.60. The minimum atomic E-state index is 0.0658. The highest BCUT2D eigenvalue weighted by molar-refractivity contribution is 5.26. The molecule has 2 heteroatoms. The predicted molar refractivity (Wildman–Crippen MR) is 86.3 cm³/mol. The number of rotatable bonds is 5. The highest BCUT2D eigenvalue weighted by Gasteiger charge is 2.38. The van der Waals surface area contributed by atoms with Crippen molar-refractivity contribution in [2.75, 3.05) is 0 Å². The van der Waals surface area contributed by atoms with Crippen molar-refractivity contribution in [3.63, 3.8) is 0 Å². The Bertz CT molecular complexity index is 399. The zero-order valence-electron chi connectivity index (χ0n) is 13.2. The number of benzene rings is 1. The molecule has 0 spiro atoms. The van der Waals surface area contributed by atoms with E-state index in [1.807, 2.05) is 0 Å². The van der Waals surface area contributed by atoms with Crippen molar-refractivity contribution in [2.45, 2.75) is 64.3 Å². The normalized spacial score (nSPS) is 25.4. The Hall–Kier alpha value is -0.860. The molecule has 0 bridgehead atoms. The van der Waals surface area contributed by atoms with Gasteiger partial charge in [0.05, 0.1) is 0 Å². The monoisotopic (exact) mass is 274 g/mol. The first kappa shape index (κ1) is 15.5. The van der Waals surface area contributed by atoms with Crippen LogP contribution < -0.4 is 11.3 Å². The van der Waals surface area contributed by atoms with E-state index in [9.17, 15) is 0 Å². The van der Waals surface area contributed by atoms with E-state index in [-0.39, 0.29) is 5.41 Å². The predicted octanol–water partition coefficient (Wildman–Crippen LogP) is 4.01. The van der Waals surface area contributed by atoms with Crippen molar-refractivity contribution in [3.05, 3.63) is 35.9 Å². The van der Waals surface area contributed by atoms with Crippen LogP contribution in [0.1, 0.15) is 58.4 Å². The van der Waals surface area contributed by atoms with Gasteiger partial charge in [-0.2, -0.15) is 0 Å². The molecule has 0 amide bonds. The van der Waals surface area contributed by atoms with Gasteiger partial charge in [0.15, 0.2) is 0 Å². The molecule has 0 heterocycles. The molecule has 3 N–H and O–H groups in total. The second-order valence-corrected chi connectivity index (χ2v) is 6.93. The number of hydrogen-bond acceptors (Lipinski definition) is 2. The van der Waals surface area contributed by atoms with E-state index in [4.69, 9.17) is 5.84 Å². The zero-order chi connectivity index (χ0) is 14.6. The Morgan fingerprint density at radius 3 is 2.55 bits per heavy atom. The van der Waals surface area contributed by atoms with E-state index in [0.29, 0.717) is 12.0 Å². The Kier molecular flexibility index (Phi) is 5.22. The van der Waals surface area contributed by atoms with Crippen molar-refractivity contribution in [2.24, 2.45) is 17.7 Å². The van der Waals surface area contributed by atoms with E-state index in [0.717, 1.165) is 5.92 Å². The number of nitrogens with one attached hydrogen (secondary N) is 1. The largest absolute Gasteiger partial charge is 0.271 e. The molecular weight excluding hydrogens is 244 g/mol. The average molecular weight is 274 g/mol. The summed E-state index contributed by atoms with van der Waals surface area (Å²) in [5, 5.41) is 0. The Labute approximate surface area is 124 Å². The van der Waals surface area contributed by atoms with Crippen LogP contribution in [0, 0.1) is 11.8 Å². The quantitative estimate of drug-likeness (QED) is 0.629. The van der Waals surface area contributed by atoms with Gasteiger partial charge in [-0.3, -0.25) is 11.3 Å². The third-order valence-corrected chi connectivity index (χ3v) is 5.35. The van der Waals surface area contributed by atoms with Crippen molar-refractivity contribution in [3.8, 4) is 0 Å². The molecule has 2 nitrogen and oxygen atoms in total. The minimum absolute atomic E-state index is 0.0658. The standard InChI is InChI=1S/C18H30N2/c1-4-14-9-8-10-15(13-14)17(20-19)18(2,3)16-11-6-5-7-12-16/h5-7,11-12,14-15,17,20H,4,8-10,13,19H2,1-3H3. The molecule has 1 saturated carbocycles. The van der Waals surface area contributed by atoms with Crippen LogP contribution in [0.4, 0.5) is 0 Å². The van der Waals surface area contributed by atoms with Gasteiger partial charge in [-0.15, -0.1) is 0 Å². The first-order valence-electron chi connectivity index (χ1n) is 8.11. The van der Waals surface area contributed by atoms with Crippen molar-refractivity contribution >= 4 is 0 Å². The van der Waals surface area contributed by atoms with Crippen LogP contribution >= 0.6 is 0 Å². The van der Waals surface area contributed by atoms with Crippen LogP contribution in [0.2, 0.25) is 0 Å². The molecule has 1 aromatic carbocycles. The minimum Gasteiger partial charge on any atom is -0.271 e. The third kappa shape index (κ3) is 3.24. The SMILES string of the molecule is CCC1CCCC(C(NN)C(C)(C)c2ccccc2)C1. The van der Waals surface area contributed by atoms with Gasteiger partial charge in [0.25, 0.3) is 0 Å². The molecular formula is C18H30N2. The van der Waals surface area contributed by atoms with Gasteiger partial charge in [-0.05, 0) is 30.2 Å². The number of hydrogen-bond donors (Lipinski definition) is 2. The van der Waals surface area contributed by atoms with Gasteiger partial charge in [0, 0.05) is 11.5 Å². The van der Waals surface area contributed by atoms with E-state index in [2.05, 4.69) is 56.5 Å². The molecule has 112 valence electrons. The first-order chi connectivity index (χ1) is 9.59. The van der Waals surface area contributed by atoms with Crippen LogP contribution in [0.3, 0.4) is 0 Å². The van der Waals surface area contributed by atoms with Crippen molar-refractivity contribution < 1.29 is 0 Å². The lowest BCUT2D eigenvalue weighted by atomic mass is 9.67. The summed E-state index contributed by atoms with van der Waals surface area (Å²) in [5.74, 6) is 7.54. The summed E-state index contributed by atoms with van der Waals surface area (Å²) in [6, 6.07) is 11.1. The summed E-state index contributed by atoms with van der Waals surface area (Å²) in [7, 11) is 0. The molecule has 0 aliphatic heterocycles. The van der Waals surface area contributed by atoms with Gasteiger partial charge >= 0.3 is 0 Å². The lowest BCUT2D eigenvalue weighted by molar-refractivity contribution is 0.161. The second-order valence-electron chi connectivity index (χ2n) is 6.93. The fraction of sp³-hybridized carbons (Fsp3) is 0.667. The van der Waals surface area contributed by atoms with Crippen LogP contribution in [0.25, 0.3) is 0 Å². The van der Waals surface area contributed by atoms with Gasteiger partial charge in [0.2, 0.25) is 0 Å². The molecule has 3 unspecified atom stereocenters. The molecule has 0 aromatic heterocycles. The van der Waals surface area contributed by atoms with Crippen molar-refractivity contribution in [1.29, 1.82) is 0 Å². The molecule has 2 rings (SSSR count). The van der Waals surface area contributed by atoms with E-state index in [1.54, 1.807) is 0 Å². The Balaban J connectivity index is 2.18. The van der Waals surface area contributed by atoms with Gasteiger partial charge in [-0.25, -0.2) is 0 Å². The molecule has 1 aromatic rings. The fourth-order valence-corrected chi connectivity index (χ4v) is 3.99. The summed E-state index contributed by atoms with van der Waals surface area (Å²) in [6.07, 6.45) is 6.69. The second kappa shape index (κ2) is 6.73. The highest BCUT2D eigenvalue weighted by atomic mass is 15.2. The molecule has 1 aliphatic carbocycles.